The van der Waals surface area contributed by atoms with Crippen LogP contribution in [-0.2, 0) is 0 Å². The minimum atomic E-state index is -0.577. The number of hydrogen-bond acceptors (Lipinski definition) is 6. The first-order chi connectivity index (χ1) is 10.1. The van der Waals surface area contributed by atoms with Crippen LogP contribution < -0.4 is 21.7 Å². The van der Waals surface area contributed by atoms with Crippen LogP contribution in [0.15, 0.2) is 0 Å². The Hall–Kier alpha value is -1.41. The Balaban J connectivity index is 2.35. The maximum absolute atomic E-state index is 12.1. The number of nitrogens with two attached hydrogens (primary N) is 2. The maximum Gasteiger partial charge on any atom is 0.263 e. The van der Waals surface area contributed by atoms with Crippen molar-refractivity contribution in [2.45, 2.75) is 13.3 Å². The second-order valence-corrected chi connectivity index (χ2v) is 6.97. The van der Waals surface area contributed by atoms with Gasteiger partial charge in [-0.25, -0.2) is 0 Å². The van der Waals surface area contributed by atoms with Crippen molar-refractivity contribution in [3.63, 3.8) is 0 Å². The Morgan fingerprint density at radius 1 is 1.33 bits per heavy atom. The highest BCUT2D eigenvalue weighted by Crippen LogP contribution is 2.38. The summed E-state index contributed by atoms with van der Waals surface area (Å²) in [5.41, 5.74) is 11.9. The first-order valence-corrected chi connectivity index (χ1v) is 8.86. The van der Waals surface area contributed by atoms with Gasteiger partial charge in [-0.15, -0.1) is 11.3 Å². The fourth-order valence-electron chi connectivity index (χ4n) is 2.15. The van der Waals surface area contributed by atoms with Gasteiger partial charge in [-0.1, -0.05) is 6.92 Å². The lowest BCUT2D eigenvalue weighted by Crippen LogP contribution is -2.33. The molecule has 1 fully saturated rings. The van der Waals surface area contributed by atoms with Crippen LogP contribution >= 0.6 is 23.1 Å². The highest BCUT2D eigenvalue weighted by atomic mass is 32.2. The minimum Gasteiger partial charge on any atom is -0.397 e. The van der Waals surface area contributed by atoms with Crippen LogP contribution in [0.3, 0.4) is 0 Å². The van der Waals surface area contributed by atoms with Crippen molar-refractivity contribution in [1.29, 1.82) is 0 Å². The van der Waals surface area contributed by atoms with E-state index in [0.29, 0.717) is 11.4 Å². The summed E-state index contributed by atoms with van der Waals surface area (Å²) in [6, 6.07) is 0. The van der Waals surface area contributed by atoms with Crippen molar-refractivity contribution in [3.05, 3.63) is 10.4 Å². The highest BCUT2D eigenvalue weighted by Gasteiger charge is 2.27. The number of carbonyl (C=O) groups is 2. The standard InChI is InChI=1S/C13H20N4O2S2/c1-2-3-16-12(19)10-9(14)8(11(15)18)13(21-10)17-4-6-20-7-5-17/h2-7,14H2,1H3,(H2,15,18)(H,16,19). The fourth-order valence-corrected chi connectivity index (χ4v) is 4.24. The molecule has 5 N–H and O–H groups in total. The second-order valence-electron chi connectivity index (χ2n) is 4.74. The zero-order valence-corrected chi connectivity index (χ0v) is 13.6. The third kappa shape index (κ3) is 3.44. The van der Waals surface area contributed by atoms with Crippen LogP contribution in [-0.4, -0.2) is 43.0 Å². The van der Waals surface area contributed by atoms with Crippen LogP contribution in [0.1, 0.15) is 33.4 Å². The number of nitrogens with one attached hydrogen (secondary N) is 1. The Bertz CT molecular complexity index is 539. The first-order valence-electron chi connectivity index (χ1n) is 6.89. The molecule has 0 radical (unpaired) electrons. The van der Waals surface area contributed by atoms with Gasteiger partial charge in [0.1, 0.15) is 9.88 Å². The van der Waals surface area contributed by atoms with Gasteiger partial charge >= 0.3 is 0 Å². The molecule has 21 heavy (non-hydrogen) atoms. The van der Waals surface area contributed by atoms with E-state index in [0.717, 1.165) is 36.0 Å². The van der Waals surface area contributed by atoms with Crippen molar-refractivity contribution in [3.8, 4) is 0 Å². The van der Waals surface area contributed by atoms with E-state index in [1.54, 1.807) is 0 Å². The number of nitrogens with zero attached hydrogens (tertiary/aromatic N) is 1. The summed E-state index contributed by atoms with van der Waals surface area (Å²) in [4.78, 5) is 26.3. The molecule has 116 valence electrons. The molecular weight excluding hydrogens is 308 g/mol. The highest BCUT2D eigenvalue weighted by molar-refractivity contribution is 7.99. The molecule has 1 aliphatic heterocycles. The summed E-state index contributed by atoms with van der Waals surface area (Å²) in [6.45, 7) is 4.23. The van der Waals surface area contributed by atoms with Gasteiger partial charge in [-0.3, -0.25) is 9.59 Å². The number of thiophene rings is 1. The molecular formula is C13H20N4O2S2. The zero-order valence-electron chi connectivity index (χ0n) is 12.0. The van der Waals surface area contributed by atoms with Crippen molar-refractivity contribution >= 4 is 45.6 Å². The number of anilines is 2. The van der Waals surface area contributed by atoms with E-state index in [9.17, 15) is 9.59 Å². The van der Waals surface area contributed by atoms with E-state index in [4.69, 9.17) is 11.5 Å². The summed E-state index contributed by atoms with van der Waals surface area (Å²) < 4.78 is 0. The van der Waals surface area contributed by atoms with Crippen LogP contribution in [0.2, 0.25) is 0 Å². The Kier molecular flexibility index (Phi) is 5.35. The molecule has 1 aromatic rings. The molecule has 0 aliphatic carbocycles. The Morgan fingerprint density at radius 2 is 2.00 bits per heavy atom. The number of primary amides is 1. The van der Waals surface area contributed by atoms with Gasteiger partial charge in [0.05, 0.1) is 11.3 Å². The molecule has 0 spiro atoms. The lowest BCUT2D eigenvalue weighted by Gasteiger charge is -2.27. The normalized spacial score (nSPS) is 15.0. The molecule has 2 amide bonds. The van der Waals surface area contributed by atoms with Crippen LogP contribution in [0.4, 0.5) is 10.7 Å². The van der Waals surface area contributed by atoms with Crippen molar-refractivity contribution in [2.75, 3.05) is 41.8 Å². The predicted molar refractivity (Wildman–Crippen MR) is 89.4 cm³/mol. The van der Waals surface area contributed by atoms with Crippen molar-refractivity contribution < 1.29 is 9.59 Å². The van der Waals surface area contributed by atoms with Gasteiger partial charge in [0.25, 0.3) is 11.8 Å². The third-order valence-corrected chi connectivity index (χ3v) is 5.42. The van der Waals surface area contributed by atoms with E-state index >= 15 is 0 Å². The average molecular weight is 328 g/mol. The molecule has 0 atom stereocenters. The SMILES string of the molecule is CCCNC(=O)c1sc(N2CCSCC2)c(C(N)=O)c1N. The Morgan fingerprint density at radius 3 is 2.57 bits per heavy atom. The Labute approximate surface area is 132 Å². The van der Waals surface area contributed by atoms with E-state index in [1.807, 2.05) is 18.7 Å². The van der Waals surface area contributed by atoms with E-state index < -0.39 is 5.91 Å². The molecule has 1 saturated heterocycles. The number of nitrogen functional groups attached to an aromatic ring is 1. The molecule has 6 nitrogen and oxygen atoms in total. The maximum atomic E-state index is 12.1. The molecule has 1 aliphatic rings. The van der Waals surface area contributed by atoms with Gasteiger partial charge in [-0.05, 0) is 6.42 Å². The molecule has 0 unspecified atom stereocenters. The van der Waals surface area contributed by atoms with Gasteiger partial charge in [-0.2, -0.15) is 11.8 Å². The third-order valence-electron chi connectivity index (χ3n) is 3.21. The summed E-state index contributed by atoms with van der Waals surface area (Å²) in [5.74, 6) is 1.17. The second kappa shape index (κ2) is 7.04. The number of amides is 2. The topological polar surface area (TPSA) is 101 Å². The smallest absolute Gasteiger partial charge is 0.263 e. The quantitative estimate of drug-likeness (QED) is 0.752. The molecule has 0 saturated carbocycles. The molecule has 0 bridgehead atoms. The van der Waals surface area contributed by atoms with Crippen LogP contribution in [0.25, 0.3) is 0 Å². The van der Waals surface area contributed by atoms with Gasteiger partial charge in [0.2, 0.25) is 0 Å². The minimum absolute atomic E-state index is 0.203. The molecule has 1 aromatic heterocycles. The van der Waals surface area contributed by atoms with Gasteiger partial charge in [0, 0.05) is 31.1 Å². The van der Waals surface area contributed by atoms with Gasteiger partial charge < -0.3 is 21.7 Å². The number of carbonyl (C=O) groups excluding carboxylic acids is 2. The average Bonchev–Trinajstić information content (AvgIpc) is 2.83. The predicted octanol–water partition coefficient (Wildman–Crippen LogP) is 1.12. The first kappa shape index (κ1) is 16.0. The summed E-state index contributed by atoms with van der Waals surface area (Å²) >= 11 is 3.13. The lowest BCUT2D eigenvalue weighted by molar-refractivity contribution is 0.0958. The van der Waals surface area contributed by atoms with Crippen molar-refractivity contribution in [1.82, 2.24) is 5.32 Å². The summed E-state index contributed by atoms with van der Waals surface area (Å²) in [6.07, 6.45) is 0.843. The van der Waals surface area contributed by atoms with E-state index in [1.165, 1.54) is 11.3 Å². The van der Waals surface area contributed by atoms with Crippen LogP contribution in [0.5, 0.6) is 0 Å². The fraction of sp³-hybridized carbons (Fsp3) is 0.538. The number of rotatable bonds is 5. The van der Waals surface area contributed by atoms with E-state index in [2.05, 4.69) is 10.2 Å². The lowest BCUT2D eigenvalue weighted by atomic mass is 10.2. The van der Waals surface area contributed by atoms with Crippen LogP contribution in [0, 0.1) is 0 Å². The number of thioether (sulfide) groups is 1. The summed E-state index contributed by atoms with van der Waals surface area (Å²) in [5, 5.41) is 3.51. The monoisotopic (exact) mass is 328 g/mol. The molecule has 0 aromatic carbocycles. The zero-order chi connectivity index (χ0) is 15.4. The van der Waals surface area contributed by atoms with Gasteiger partial charge in [0.15, 0.2) is 0 Å². The molecule has 2 rings (SSSR count). The summed E-state index contributed by atoms with van der Waals surface area (Å²) in [7, 11) is 0. The molecule has 2 heterocycles. The van der Waals surface area contributed by atoms with Crippen molar-refractivity contribution in [2.24, 2.45) is 5.73 Å². The largest absolute Gasteiger partial charge is 0.397 e. The number of hydrogen-bond donors (Lipinski definition) is 3. The molecule has 8 heteroatoms. The van der Waals surface area contributed by atoms with E-state index in [-0.39, 0.29) is 17.2 Å².